The van der Waals surface area contributed by atoms with Crippen LogP contribution in [0.2, 0.25) is 0 Å². The van der Waals surface area contributed by atoms with Gasteiger partial charge in [0.25, 0.3) is 0 Å². The smallest absolute Gasteiger partial charge is 0.322 e. The van der Waals surface area contributed by atoms with Crippen LogP contribution in [0, 0.1) is 13.8 Å². The van der Waals surface area contributed by atoms with Gasteiger partial charge in [-0.1, -0.05) is 6.92 Å². The minimum absolute atomic E-state index is 0.214. The number of halogens is 1. The van der Waals surface area contributed by atoms with Crippen LogP contribution in [0.15, 0.2) is 4.47 Å². The van der Waals surface area contributed by atoms with Crippen molar-refractivity contribution in [3.8, 4) is 0 Å². The Balaban J connectivity index is 2.64. The Morgan fingerprint density at radius 1 is 1.53 bits per heavy atom. The highest BCUT2D eigenvalue weighted by atomic mass is 79.9. The van der Waals surface area contributed by atoms with Gasteiger partial charge in [0, 0.05) is 12.2 Å². The second-order valence-electron chi connectivity index (χ2n) is 4.53. The van der Waals surface area contributed by atoms with E-state index in [1.54, 1.807) is 0 Å². The van der Waals surface area contributed by atoms with E-state index in [1.165, 1.54) is 7.11 Å². The molecule has 0 bridgehead atoms. The zero-order valence-electron chi connectivity index (χ0n) is 12.0. The summed E-state index contributed by atoms with van der Waals surface area (Å²) in [6, 6.07) is -0.271. The third-order valence-corrected chi connectivity index (χ3v) is 4.20. The topological polar surface area (TPSA) is 56.2 Å². The lowest BCUT2D eigenvalue weighted by Gasteiger charge is -2.16. The number of esters is 1. The van der Waals surface area contributed by atoms with Gasteiger partial charge in [-0.3, -0.25) is 9.48 Å². The molecule has 0 aliphatic carbocycles. The summed E-state index contributed by atoms with van der Waals surface area (Å²) in [4.78, 5) is 11.7. The number of hydrogen-bond donors (Lipinski definition) is 1. The number of hydrogen-bond acceptors (Lipinski definition) is 4. The molecule has 0 aromatic carbocycles. The van der Waals surface area contributed by atoms with Gasteiger partial charge in [0.15, 0.2) is 0 Å². The van der Waals surface area contributed by atoms with Crippen LogP contribution < -0.4 is 5.32 Å². The fourth-order valence-corrected chi connectivity index (χ4v) is 2.19. The van der Waals surface area contributed by atoms with Crippen molar-refractivity contribution in [3.05, 3.63) is 15.9 Å². The summed E-state index contributed by atoms with van der Waals surface area (Å²) >= 11 is 3.50. The third-order valence-electron chi connectivity index (χ3n) is 3.05. The highest BCUT2D eigenvalue weighted by Gasteiger charge is 2.19. The maximum absolute atomic E-state index is 11.7. The molecular weight excluding hydrogens is 310 g/mol. The number of aromatic nitrogens is 2. The van der Waals surface area contributed by atoms with E-state index in [1.807, 2.05) is 18.5 Å². The van der Waals surface area contributed by atoms with Gasteiger partial charge in [0.1, 0.15) is 6.04 Å². The van der Waals surface area contributed by atoms with Gasteiger partial charge in [0.05, 0.1) is 17.3 Å². The van der Waals surface area contributed by atoms with Crippen molar-refractivity contribution in [1.29, 1.82) is 0 Å². The van der Waals surface area contributed by atoms with E-state index in [4.69, 9.17) is 4.74 Å². The summed E-state index contributed by atoms with van der Waals surface area (Å²) in [5, 5.41) is 7.64. The first kappa shape index (κ1) is 16.2. The first-order valence-electron chi connectivity index (χ1n) is 6.52. The number of ether oxygens (including phenoxy) is 1. The lowest BCUT2D eigenvalue weighted by molar-refractivity contribution is -0.143. The quantitative estimate of drug-likeness (QED) is 0.778. The van der Waals surface area contributed by atoms with Gasteiger partial charge in [0.2, 0.25) is 0 Å². The Morgan fingerprint density at radius 3 is 2.68 bits per heavy atom. The summed E-state index contributed by atoms with van der Waals surface area (Å²) < 4.78 is 7.77. The summed E-state index contributed by atoms with van der Waals surface area (Å²) in [7, 11) is 1.42. The van der Waals surface area contributed by atoms with Crippen molar-refractivity contribution in [2.45, 2.75) is 46.2 Å². The largest absolute Gasteiger partial charge is 0.468 e. The second kappa shape index (κ2) is 7.65. The molecule has 0 spiro atoms. The maximum atomic E-state index is 11.7. The van der Waals surface area contributed by atoms with E-state index >= 15 is 0 Å². The molecule has 1 aromatic rings. The Labute approximate surface area is 122 Å². The monoisotopic (exact) mass is 331 g/mol. The van der Waals surface area contributed by atoms with E-state index in [2.05, 4.69) is 33.3 Å². The summed E-state index contributed by atoms with van der Waals surface area (Å²) in [5.74, 6) is -0.214. The maximum Gasteiger partial charge on any atom is 0.322 e. The van der Waals surface area contributed by atoms with E-state index in [9.17, 15) is 4.79 Å². The molecule has 0 fully saturated rings. The zero-order valence-corrected chi connectivity index (χ0v) is 13.6. The van der Waals surface area contributed by atoms with Gasteiger partial charge in [-0.05, 0) is 49.2 Å². The van der Waals surface area contributed by atoms with E-state index in [0.717, 1.165) is 28.8 Å². The molecule has 1 unspecified atom stereocenters. The summed E-state index contributed by atoms with van der Waals surface area (Å²) in [6.45, 7) is 7.53. The second-order valence-corrected chi connectivity index (χ2v) is 5.32. The fourth-order valence-electron chi connectivity index (χ4n) is 1.91. The zero-order chi connectivity index (χ0) is 14.4. The first-order valence-corrected chi connectivity index (χ1v) is 7.31. The normalized spacial score (nSPS) is 12.5. The van der Waals surface area contributed by atoms with Crippen LogP contribution in [-0.4, -0.2) is 35.4 Å². The summed E-state index contributed by atoms with van der Waals surface area (Å²) in [5.41, 5.74) is 2.05. The van der Waals surface area contributed by atoms with Crippen LogP contribution in [0.25, 0.3) is 0 Å². The lowest BCUT2D eigenvalue weighted by Crippen LogP contribution is -2.39. The molecule has 19 heavy (non-hydrogen) atoms. The predicted molar refractivity (Wildman–Crippen MR) is 78.1 cm³/mol. The SMILES string of the molecule is CCCNC(CCn1nc(C)c(Br)c1C)C(=O)OC. The Bertz CT molecular complexity index is 432. The van der Waals surface area contributed by atoms with Crippen molar-refractivity contribution in [1.82, 2.24) is 15.1 Å². The molecule has 0 aliphatic heterocycles. The molecule has 0 saturated carbocycles. The summed E-state index contributed by atoms with van der Waals surface area (Å²) in [6.07, 6.45) is 1.65. The average Bonchev–Trinajstić information content (AvgIpc) is 2.65. The minimum Gasteiger partial charge on any atom is -0.468 e. The number of nitrogens with one attached hydrogen (secondary N) is 1. The highest BCUT2D eigenvalue weighted by molar-refractivity contribution is 9.10. The van der Waals surface area contributed by atoms with Crippen LogP contribution in [0.4, 0.5) is 0 Å². The molecule has 1 N–H and O–H groups in total. The van der Waals surface area contributed by atoms with Gasteiger partial charge in [-0.25, -0.2) is 0 Å². The van der Waals surface area contributed by atoms with Crippen molar-refractivity contribution >= 4 is 21.9 Å². The minimum atomic E-state index is -0.271. The molecule has 1 rings (SSSR count). The number of aryl methyl sites for hydroxylation is 2. The molecule has 108 valence electrons. The van der Waals surface area contributed by atoms with Gasteiger partial charge in [-0.15, -0.1) is 0 Å². The Kier molecular flexibility index (Phi) is 6.51. The lowest BCUT2D eigenvalue weighted by atomic mass is 10.2. The Morgan fingerprint density at radius 2 is 2.21 bits per heavy atom. The number of methoxy groups -OCH3 is 1. The predicted octanol–water partition coefficient (Wildman–Crippen LogP) is 2.19. The van der Waals surface area contributed by atoms with Crippen molar-refractivity contribution in [2.24, 2.45) is 0 Å². The van der Waals surface area contributed by atoms with Crippen LogP contribution in [-0.2, 0) is 16.1 Å². The van der Waals surface area contributed by atoms with E-state index in [-0.39, 0.29) is 12.0 Å². The van der Waals surface area contributed by atoms with Crippen molar-refractivity contribution < 1.29 is 9.53 Å². The molecule has 1 atom stereocenters. The molecular formula is C13H22BrN3O2. The first-order chi connectivity index (χ1) is 9.01. The number of nitrogens with zero attached hydrogens (tertiary/aromatic N) is 2. The van der Waals surface area contributed by atoms with Crippen LogP contribution in [0.1, 0.15) is 31.2 Å². The van der Waals surface area contributed by atoms with Crippen molar-refractivity contribution in [2.75, 3.05) is 13.7 Å². The number of carbonyl (C=O) groups excluding carboxylic acids is 1. The third kappa shape index (κ3) is 4.31. The van der Waals surface area contributed by atoms with Gasteiger partial charge in [-0.2, -0.15) is 5.10 Å². The molecule has 5 nitrogen and oxygen atoms in total. The molecule has 0 saturated heterocycles. The molecule has 0 radical (unpaired) electrons. The van der Waals surface area contributed by atoms with Gasteiger partial charge < -0.3 is 10.1 Å². The van der Waals surface area contributed by atoms with Crippen LogP contribution >= 0.6 is 15.9 Å². The van der Waals surface area contributed by atoms with Crippen LogP contribution in [0.3, 0.4) is 0 Å². The number of carbonyl (C=O) groups is 1. The molecule has 0 aliphatic rings. The number of rotatable bonds is 7. The molecule has 6 heteroatoms. The van der Waals surface area contributed by atoms with Gasteiger partial charge >= 0.3 is 5.97 Å². The van der Waals surface area contributed by atoms with Crippen molar-refractivity contribution in [3.63, 3.8) is 0 Å². The average molecular weight is 332 g/mol. The molecule has 1 heterocycles. The molecule has 1 aromatic heterocycles. The van der Waals surface area contributed by atoms with Crippen LogP contribution in [0.5, 0.6) is 0 Å². The fraction of sp³-hybridized carbons (Fsp3) is 0.692. The van der Waals surface area contributed by atoms with E-state index in [0.29, 0.717) is 13.0 Å². The van der Waals surface area contributed by atoms with E-state index < -0.39 is 0 Å². The molecule has 0 amide bonds. The standard InChI is InChI=1S/C13H22BrN3O2/c1-5-7-15-11(13(18)19-4)6-8-17-10(3)12(14)9(2)16-17/h11,15H,5-8H2,1-4H3. The highest BCUT2D eigenvalue weighted by Crippen LogP contribution is 2.20. The Hall–Kier alpha value is -0.880.